The van der Waals surface area contributed by atoms with Crippen molar-refractivity contribution in [2.45, 2.75) is 47.1 Å². The van der Waals surface area contributed by atoms with Crippen LogP contribution in [0.4, 0.5) is 5.82 Å². The summed E-state index contributed by atoms with van der Waals surface area (Å²) in [6, 6.07) is 0. The summed E-state index contributed by atoms with van der Waals surface area (Å²) >= 11 is 0. The van der Waals surface area contributed by atoms with Crippen LogP contribution >= 0.6 is 0 Å². The first-order chi connectivity index (χ1) is 10.8. The number of H-pyrrole nitrogens is 1. The topological polar surface area (TPSA) is 101 Å². The number of aromatic nitrogens is 2. The molecular formula is C16H28N4O3. The molecule has 7 heteroatoms. The van der Waals surface area contributed by atoms with Crippen LogP contribution in [0.25, 0.3) is 0 Å². The Morgan fingerprint density at radius 1 is 1.22 bits per heavy atom. The molecule has 0 unspecified atom stereocenters. The van der Waals surface area contributed by atoms with Crippen LogP contribution < -0.4 is 17.0 Å². The number of Topliss-reactive ketones (excluding diaryl/α,β-unsaturated/α-hetero) is 1. The first-order valence-electron chi connectivity index (χ1n) is 8.19. The van der Waals surface area contributed by atoms with Crippen LogP contribution in [0.3, 0.4) is 0 Å². The van der Waals surface area contributed by atoms with Crippen LogP contribution in [0, 0.1) is 5.92 Å². The van der Waals surface area contributed by atoms with Crippen molar-refractivity contribution in [2.75, 3.05) is 25.4 Å². The van der Waals surface area contributed by atoms with E-state index in [-0.39, 0.29) is 29.6 Å². The Kier molecular flexibility index (Phi) is 7.22. The SMILES string of the molecule is CCCN(CCC)CC(=O)c1c(N)n(CC(C)C)c(=O)[nH]c1=O. The van der Waals surface area contributed by atoms with Gasteiger partial charge in [0.2, 0.25) is 0 Å². The number of hydrogen-bond acceptors (Lipinski definition) is 5. The van der Waals surface area contributed by atoms with Gasteiger partial charge in [-0.2, -0.15) is 0 Å². The minimum Gasteiger partial charge on any atom is -0.384 e. The Labute approximate surface area is 136 Å². The highest BCUT2D eigenvalue weighted by molar-refractivity contribution is 6.01. The summed E-state index contributed by atoms with van der Waals surface area (Å²) in [6.45, 7) is 10.00. The summed E-state index contributed by atoms with van der Waals surface area (Å²) in [5, 5.41) is 0. The van der Waals surface area contributed by atoms with E-state index in [2.05, 4.69) is 4.98 Å². The Bertz CT molecular complexity index is 640. The first kappa shape index (κ1) is 19.2. The molecule has 0 aliphatic heterocycles. The second-order valence-electron chi connectivity index (χ2n) is 6.22. The molecule has 23 heavy (non-hydrogen) atoms. The van der Waals surface area contributed by atoms with Gasteiger partial charge in [0.1, 0.15) is 11.4 Å². The number of ketones is 1. The van der Waals surface area contributed by atoms with Gasteiger partial charge in [-0.25, -0.2) is 4.79 Å². The molecule has 1 heterocycles. The molecule has 0 aromatic carbocycles. The van der Waals surface area contributed by atoms with Crippen molar-refractivity contribution < 1.29 is 4.79 Å². The summed E-state index contributed by atoms with van der Waals surface area (Å²) in [5.41, 5.74) is 4.58. The van der Waals surface area contributed by atoms with Crippen molar-refractivity contribution in [1.29, 1.82) is 0 Å². The van der Waals surface area contributed by atoms with Gasteiger partial charge < -0.3 is 5.73 Å². The largest absolute Gasteiger partial charge is 0.384 e. The predicted octanol–water partition coefficient (Wildman–Crippen LogP) is 1.08. The maximum Gasteiger partial charge on any atom is 0.329 e. The zero-order chi connectivity index (χ0) is 17.6. The van der Waals surface area contributed by atoms with Gasteiger partial charge in [0.25, 0.3) is 5.56 Å². The van der Waals surface area contributed by atoms with E-state index in [0.29, 0.717) is 6.54 Å². The Morgan fingerprint density at radius 2 is 1.78 bits per heavy atom. The number of nitrogens with zero attached hydrogens (tertiary/aromatic N) is 2. The molecule has 0 atom stereocenters. The molecule has 0 bridgehead atoms. The van der Waals surface area contributed by atoms with Gasteiger partial charge in [0.05, 0.1) is 6.54 Å². The van der Waals surface area contributed by atoms with Gasteiger partial charge in [-0.1, -0.05) is 27.7 Å². The number of anilines is 1. The zero-order valence-corrected chi connectivity index (χ0v) is 14.5. The van der Waals surface area contributed by atoms with E-state index in [0.717, 1.165) is 25.9 Å². The molecule has 0 amide bonds. The third kappa shape index (κ3) is 5.06. The number of carbonyl (C=O) groups excluding carboxylic acids is 1. The van der Waals surface area contributed by atoms with E-state index in [4.69, 9.17) is 5.73 Å². The van der Waals surface area contributed by atoms with Gasteiger partial charge in [0, 0.05) is 6.54 Å². The summed E-state index contributed by atoms with van der Waals surface area (Å²) in [6.07, 6.45) is 1.85. The van der Waals surface area contributed by atoms with Crippen LogP contribution in [0.1, 0.15) is 50.9 Å². The van der Waals surface area contributed by atoms with Crippen LogP contribution in [0.15, 0.2) is 9.59 Å². The van der Waals surface area contributed by atoms with E-state index < -0.39 is 11.2 Å². The minimum absolute atomic E-state index is 0.0367. The fraction of sp³-hybridized carbons (Fsp3) is 0.688. The quantitative estimate of drug-likeness (QED) is 0.662. The predicted molar refractivity (Wildman–Crippen MR) is 91.9 cm³/mol. The highest BCUT2D eigenvalue weighted by atomic mass is 16.2. The Morgan fingerprint density at radius 3 is 2.26 bits per heavy atom. The fourth-order valence-corrected chi connectivity index (χ4v) is 2.59. The standard InChI is InChI=1S/C16H28N4O3/c1-5-7-19(8-6-2)10-12(21)13-14(17)20(9-11(3)4)16(23)18-15(13)22/h11H,5-10,17H2,1-4H3,(H,18,22,23). The van der Waals surface area contributed by atoms with Crippen molar-refractivity contribution in [3.8, 4) is 0 Å². The third-order valence-corrected chi connectivity index (χ3v) is 3.51. The smallest absolute Gasteiger partial charge is 0.329 e. The molecule has 0 spiro atoms. The number of hydrogen-bond donors (Lipinski definition) is 2. The molecule has 1 aromatic heterocycles. The molecule has 0 saturated heterocycles. The minimum atomic E-state index is -0.703. The highest BCUT2D eigenvalue weighted by Gasteiger charge is 2.21. The first-order valence-corrected chi connectivity index (χ1v) is 8.19. The summed E-state index contributed by atoms with van der Waals surface area (Å²) < 4.78 is 1.27. The summed E-state index contributed by atoms with van der Waals surface area (Å²) in [5.74, 6) is -0.214. The van der Waals surface area contributed by atoms with Crippen LogP contribution in [0.5, 0.6) is 0 Å². The molecule has 130 valence electrons. The van der Waals surface area contributed by atoms with Crippen LogP contribution in [-0.2, 0) is 6.54 Å². The van der Waals surface area contributed by atoms with Crippen LogP contribution in [-0.4, -0.2) is 39.9 Å². The van der Waals surface area contributed by atoms with Gasteiger partial charge in [-0.15, -0.1) is 0 Å². The lowest BCUT2D eigenvalue weighted by atomic mass is 10.1. The normalized spacial score (nSPS) is 11.4. The van der Waals surface area contributed by atoms with Crippen molar-refractivity contribution >= 4 is 11.6 Å². The summed E-state index contributed by atoms with van der Waals surface area (Å²) in [4.78, 5) is 40.7. The molecule has 1 rings (SSSR count). The van der Waals surface area contributed by atoms with Crippen molar-refractivity contribution in [3.05, 3.63) is 26.4 Å². The second kappa shape index (κ2) is 8.67. The molecule has 0 aliphatic rings. The monoisotopic (exact) mass is 324 g/mol. The number of aromatic amines is 1. The number of rotatable bonds is 9. The average molecular weight is 324 g/mol. The molecule has 0 radical (unpaired) electrons. The van der Waals surface area contributed by atoms with Gasteiger partial charge in [0.15, 0.2) is 5.78 Å². The maximum absolute atomic E-state index is 12.5. The molecule has 0 fully saturated rings. The second-order valence-corrected chi connectivity index (χ2v) is 6.22. The average Bonchev–Trinajstić information content (AvgIpc) is 2.43. The fourth-order valence-electron chi connectivity index (χ4n) is 2.59. The molecule has 1 aromatic rings. The Hall–Kier alpha value is -1.89. The van der Waals surface area contributed by atoms with Crippen molar-refractivity contribution in [3.63, 3.8) is 0 Å². The van der Waals surface area contributed by atoms with E-state index in [1.165, 1.54) is 4.57 Å². The lowest BCUT2D eigenvalue weighted by molar-refractivity contribution is 0.0929. The number of carbonyl (C=O) groups is 1. The van der Waals surface area contributed by atoms with Gasteiger partial charge >= 0.3 is 5.69 Å². The van der Waals surface area contributed by atoms with E-state index >= 15 is 0 Å². The van der Waals surface area contributed by atoms with Crippen molar-refractivity contribution in [1.82, 2.24) is 14.5 Å². The Balaban J connectivity index is 3.18. The summed E-state index contributed by atoms with van der Waals surface area (Å²) in [7, 11) is 0. The number of nitrogens with one attached hydrogen (secondary N) is 1. The number of nitrogen functional groups attached to an aromatic ring is 1. The molecule has 3 N–H and O–H groups in total. The van der Waals surface area contributed by atoms with E-state index in [1.807, 2.05) is 32.6 Å². The maximum atomic E-state index is 12.5. The van der Waals surface area contributed by atoms with Gasteiger partial charge in [-0.05, 0) is 31.8 Å². The van der Waals surface area contributed by atoms with Crippen LogP contribution in [0.2, 0.25) is 0 Å². The van der Waals surface area contributed by atoms with E-state index in [1.54, 1.807) is 0 Å². The third-order valence-electron chi connectivity index (χ3n) is 3.51. The lowest BCUT2D eigenvalue weighted by Crippen LogP contribution is -2.40. The van der Waals surface area contributed by atoms with Crippen molar-refractivity contribution in [2.24, 2.45) is 5.92 Å². The molecular weight excluding hydrogens is 296 g/mol. The molecule has 0 saturated carbocycles. The zero-order valence-electron chi connectivity index (χ0n) is 14.5. The molecule has 7 nitrogen and oxygen atoms in total. The van der Waals surface area contributed by atoms with Gasteiger partial charge in [-0.3, -0.25) is 24.0 Å². The lowest BCUT2D eigenvalue weighted by Gasteiger charge is -2.20. The van der Waals surface area contributed by atoms with E-state index in [9.17, 15) is 14.4 Å². The highest BCUT2D eigenvalue weighted by Crippen LogP contribution is 2.09. The number of nitrogens with two attached hydrogens (primary N) is 1. The molecule has 0 aliphatic carbocycles.